The van der Waals surface area contributed by atoms with Crippen LogP contribution in [0.3, 0.4) is 0 Å². The van der Waals surface area contributed by atoms with Gasteiger partial charge in [0, 0.05) is 5.56 Å². The van der Waals surface area contributed by atoms with Crippen molar-refractivity contribution in [3.8, 4) is 11.5 Å². The molecule has 0 aliphatic heterocycles. The van der Waals surface area contributed by atoms with Gasteiger partial charge in [-0.1, -0.05) is 140 Å². The lowest BCUT2D eigenvalue weighted by Gasteiger charge is -2.11. The highest BCUT2D eigenvalue weighted by Gasteiger charge is 2.16. The molecule has 188 valence electrons. The maximum atomic E-state index is 12.6. The highest BCUT2D eigenvalue weighted by molar-refractivity contribution is 6.11. The predicted molar refractivity (Wildman–Crippen MR) is 143 cm³/mol. The molecule has 0 heterocycles. The molecule has 0 aliphatic carbocycles. The van der Waals surface area contributed by atoms with Crippen LogP contribution in [0.4, 0.5) is 0 Å². The fourth-order valence-electron chi connectivity index (χ4n) is 4.40. The van der Waals surface area contributed by atoms with Gasteiger partial charge in [-0.15, -0.1) is 0 Å². The zero-order chi connectivity index (χ0) is 24.3. The molecule has 0 saturated carbocycles. The maximum Gasteiger partial charge on any atom is 0.196 e. The third-order valence-electron chi connectivity index (χ3n) is 6.54. The smallest absolute Gasteiger partial charge is 0.196 e. The average molecular weight is 467 g/mol. The second-order valence-electron chi connectivity index (χ2n) is 9.50. The molecule has 2 aromatic carbocycles. The van der Waals surface area contributed by atoms with Crippen molar-refractivity contribution in [1.29, 1.82) is 0 Å². The Labute approximate surface area is 207 Å². The van der Waals surface area contributed by atoms with Gasteiger partial charge in [0.05, 0.1) is 12.2 Å². The number of rotatable bonds is 20. The number of carbonyl (C=O) groups is 1. The van der Waals surface area contributed by atoms with Crippen molar-refractivity contribution < 1.29 is 14.6 Å². The average Bonchev–Trinajstić information content (AvgIpc) is 2.87. The summed E-state index contributed by atoms with van der Waals surface area (Å²) in [6.07, 6.45) is 21.4. The molecule has 0 radical (unpaired) electrons. The molecule has 0 unspecified atom stereocenters. The minimum absolute atomic E-state index is 0.0622. The van der Waals surface area contributed by atoms with E-state index >= 15 is 0 Å². The predicted octanol–water partition coefficient (Wildman–Crippen LogP) is 9.26. The summed E-state index contributed by atoms with van der Waals surface area (Å²) in [5.74, 6) is 0.140. The molecular weight excluding hydrogens is 420 g/mol. The molecule has 0 atom stereocenters. The van der Waals surface area contributed by atoms with Gasteiger partial charge in [0.25, 0.3) is 0 Å². The first-order valence-corrected chi connectivity index (χ1v) is 13.8. The molecule has 0 bridgehead atoms. The monoisotopic (exact) mass is 466 g/mol. The molecule has 0 aliphatic rings. The van der Waals surface area contributed by atoms with Gasteiger partial charge in [-0.25, -0.2) is 0 Å². The first-order chi connectivity index (χ1) is 16.7. The second-order valence-corrected chi connectivity index (χ2v) is 9.50. The number of carbonyl (C=O) groups excluding carboxylic acids is 1. The number of ketones is 1. The lowest BCUT2D eigenvalue weighted by atomic mass is 10.0. The van der Waals surface area contributed by atoms with Crippen molar-refractivity contribution in [3.05, 3.63) is 59.7 Å². The van der Waals surface area contributed by atoms with Crippen LogP contribution in [0.2, 0.25) is 0 Å². The van der Waals surface area contributed by atoms with Crippen LogP contribution in [0.15, 0.2) is 48.5 Å². The summed E-state index contributed by atoms with van der Waals surface area (Å²) < 4.78 is 5.78. The molecule has 0 aromatic heterocycles. The molecular formula is C31H46O3. The largest absolute Gasteiger partial charge is 0.504 e. The molecule has 34 heavy (non-hydrogen) atoms. The second kappa shape index (κ2) is 18.1. The van der Waals surface area contributed by atoms with Crippen LogP contribution in [-0.4, -0.2) is 17.5 Å². The van der Waals surface area contributed by atoms with E-state index in [0.29, 0.717) is 17.9 Å². The van der Waals surface area contributed by atoms with E-state index in [9.17, 15) is 9.90 Å². The zero-order valence-corrected chi connectivity index (χ0v) is 21.4. The van der Waals surface area contributed by atoms with E-state index in [4.69, 9.17) is 4.74 Å². The number of hydrogen-bond acceptors (Lipinski definition) is 3. The van der Waals surface area contributed by atoms with Gasteiger partial charge in [-0.05, 0) is 18.6 Å². The van der Waals surface area contributed by atoms with E-state index in [1.165, 1.54) is 89.9 Å². The van der Waals surface area contributed by atoms with E-state index in [2.05, 4.69) is 6.92 Å². The number of hydrogen-bond donors (Lipinski definition) is 1. The summed E-state index contributed by atoms with van der Waals surface area (Å²) >= 11 is 0. The van der Waals surface area contributed by atoms with Crippen LogP contribution in [0.5, 0.6) is 11.5 Å². The number of phenolic OH excluding ortho intramolecular Hbond substituents is 1. The lowest BCUT2D eigenvalue weighted by molar-refractivity contribution is 0.103. The normalized spacial score (nSPS) is 11.0. The van der Waals surface area contributed by atoms with Crippen molar-refractivity contribution in [1.82, 2.24) is 0 Å². The summed E-state index contributed by atoms with van der Waals surface area (Å²) in [7, 11) is 0. The van der Waals surface area contributed by atoms with Gasteiger partial charge in [0.15, 0.2) is 17.3 Å². The van der Waals surface area contributed by atoms with E-state index in [1.807, 2.05) is 18.2 Å². The van der Waals surface area contributed by atoms with Gasteiger partial charge >= 0.3 is 0 Å². The number of aromatic hydroxyl groups is 1. The zero-order valence-electron chi connectivity index (χ0n) is 21.4. The van der Waals surface area contributed by atoms with Crippen LogP contribution >= 0.6 is 0 Å². The summed E-state index contributed by atoms with van der Waals surface area (Å²) in [5.41, 5.74) is 0.850. The number of benzene rings is 2. The number of ether oxygens (including phenoxy) is 1. The van der Waals surface area contributed by atoms with Crippen molar-refractivity contribution in [3.63, 3.8) is 0 Å². The summed E-state index contributed by atoms with van der Waals surface area (Å²) in [5, 5.41) is 10.5. The Bertz CT molecular complexity index is 785. The van der Waals surface area contributed by atoms with Gasteiger partial charge in [0.1, 0.15) is 0 Å². The highest BCUT2D eigenvalue weighted by atomic mass is 16.5. The third-order valence-corrected chi connectivity index (χ3v) is 6.54. The Kier molecular flexibility index (Phi) is 14.9. The van der Waals surface area contributed by atoms with E-state index in [0.717, 1.165) is 12.8 Å². The maximum absolute atomic E-state index is 12.6. The van der Waals surface area contributed by atoms with Crippen LogP contribution in [0, 0.1) is 0 Å². The van der Waals surface area contributed by atoms with Crippen molar-refractivity contribution in [2.24, 2.45) is 0 Å². The van der Waals surface area contributed by atoms with E-state index in [1.54, 1.807) is 30.3 Å². The highest BCUT2D eigenvalue weighted by Crippen LogP contribution is 2.31. The Morgan fingerprint density at radius 1 is 0.647 bits per heavy atom. The molecule has 0 spiro atoms. The first-order valence-electron chi connectivity index (χ1n) is 13.8. The Morgan fingerprint density at radius 3 is 1.68 bits per heavy atom. The third kappa shape index (κ3) is 11.2. The Morgan fingerprint density at radius 2 is 1.15 bits per heavy atom. The molecule has 3 nitrogen and oxygen atoms in total. The topological polar surface area (TPSA) is 46.5 Å². The number of unbranched alkanes of at least 4 members (excludes halogenated alkanes) is 15. The van der Waals surface area contributed by atoms with Crippen LogP contribution in [0.25, 0.3) is 0 Å². The lowest BCUT2D eigenvalue weighted by Crippen LogP contribution is -2.04. The van der Waals surface area contributed by atoms with Crippen LogP contribution < -0.4 is 4.74 Å². The Hall–Kier alpha value is -2.29. The summed E-state index contributed by atoms with van der Waals surface area (Å²) in [6.45, 7) is 2.84. The van der Waals surface area contributed by atoms with Crippen molar-refractivity contribution in [2.45, 2.75) is 110 Å². The molecule has 0 saturated heterocycles. The molecule has 2 rings (SSSR count). The minimum Gasteiger partial charge on any atom is -0.504 e. The van der Waals surface area contributed by atoms with E-state index < -0.39 is 0 Å². The fraction of sp³-hybridized carbons (Fsp3) is 0.581. The van der Waals surface area contributed by atoms with Crippen molar-refractivity contribution >= 4 is 5.78 Å². The Balaban J connectivity index is 1.47. The fourth-order valence-corrected chi connectivity index (χ4v) is 4.40. The van der Waals surface area contributed by atoms with Crippen LogP contribution in [-0.2, 0) is 0 Å². The van der Waals surface area contributed by atoms with Crippen LogP contribution in [0.1, 0.15) is 126 Å². The quantitative estimate of drug-likeness (QED) is 0.156. The van der Waals surface area contributed by atoms with Crippen molar-refractivity contribution in [2.75, 3.05) is 6.61 Å². The summed E-state index contributed by atoms with van der Waals surface area (Å²) in [4.78, 5) is 12.6. The van der Waals surface area contributed by atoms with Gasteiger partial charge in [-0.3, -0.25) is 4.79 Å². The standard InChI is InChI=1S/C31H46O3/c1-2-3-4-5-6-7-8-9-10-11-12-13-14-15-16-20-26-34-29-25-21-24-28(31(29)33)30(32)27-22-18-17-19-23-27/h17-19,21-25,33H,2-16,20,26H2,1H3. The minimum atomic E-state index is -0.189. The van der Waals surface area contributed by atoms with Gasteiger partial charge < -0.3 is 9.84 Å². The molecule has 0 amide bonds. The van der Waals surface area contributed by atoms with Gasteiger partial charge in [-0.2, -0.15) is 0 Å². The number of phenols is 1. The molecule has 1 N–H and O–H groups in total. The van der Waals surface area contributed by atoms with Gasteiger partial charge in [0.2, 0.25) is 0 Å². The van der Waals surface area contributed by atoms with E-state index in [-0.39, 0.29) is 17.1 Å². The summed E-state index contributed by atoms with van der Waals surface area (Å²) in [6, 6.07) is 14.2. The SMILES string of the molecule is CCCCCCCCCCCCCCCCCCOc1cccc(C(=O)c2ccccc2)c1O. The molecule has 3 heteroatoms. The molecule has 2 aromatic rings. The molecule has 0 fully saturated rings. The number of para-hydroxylation sites is 1. The first kappa shape index (κ1) is 28.0.